The Labute approximate surface area is 137 Å². The largest absolute Gasteiger partial charge is 0.349 e. The number of carbonyl (C=O) groups excluding carboxylic acids is 1. The van der Waals surface area contributed by atoms with Crippen molar-refractivity contribution in [2.24, 2.45) is 34.2 Å². The zero-order valence-electron chi connectivity index (χ0n) is 13.7. The SMILES string of the molecule is COC1(N=[N])C=CC2C(=C1)C=CC1C2CC[C@]2(C)C(=O)CCC12. The zero-order chi connectivity index (χ0) is 16.2. The van der Waals surface area contributed by atoms with Crippen LogP contribution in [0.25, 0.3) is 0 Å². The molecule has 0 aliphatic heterocycles. The molecule has 0 bridgehead atoms. The van der Waals surface area contributed by atoms with Gasteiger partial charge in [-0.2, -0.15) is 0 Å². The van der Waals surface area contributed by atoms with Crippen molar-refractivity contribution in [1.82, 2.24) is 5.53 Å². The van der Waals surface area contributed by atoms with Crippen LogP contribution in [-0.2, 0) is 9.53 Å². The summed E-state index contributed by atoms with van der Waals surface area (Å²) in [4.78, 5) is 12.3. The van der Waals surface area contributed by atoms with E-state index in [9.17, 15) is 10.3 Å². The Morgan fingerprint density at radius 3 is 2.91 bits per heavy atom. The average molecular weight is 311 g/mol. The molecule has 0 saturated heterocycles. The zero-order valence-corrected chi connectivity index (χ0v) is 13.7. The van der Waals surface area contributed by atoms with Gasteiger partial charge >= 0.3 is 0 Å². The molecule has 0 aromatic rings. The number of methoxy groups -OCH3 is 1. The lowest BCUT2D eigenvalue weighted by Crippen LogP contribution is -2.45. The number of ketones is 1. The number of Topliss-reactive ketones (excluding diaryl/α,β-unsaturated/α-hetero) is 1. The van der Waals surface area contributed by atoms with Crippen molar-refractivity contribution in [3.05, 3.63) is 36.0 Å². The maximum atomic E-state index is 12.3. The number of allylic oxidation sites excluding steroid dienone is 4. The third-order valence-corrected chi connectivity index (χ3v) is 6.85. The van der Waals surface area contributed by atoms with E-state index < -0.39 is 5.72 Å². The Morgan fingerprint density at radius 1 is 1.35 bits per heavy atom. The summed E-state index contributed by atoms with van der Waals surface area (Å²) >= 11 is 0. The highest BCUT2D eigenvalue weighted by molar-refractivity contribution is 5.87. The Bertz CT molecular complexity index is 650. The molecule has 2 fully saturated rings. The minimum atomic E-state index is -1.05. The van der Waals surface area contributed by atoms with Crippen molar-refractivity contribution in [1.29, 1.82) is 0 Å². The van der Waals surface area contributed by atoms with Gasteiger partial charge in [-0.15, -0.1) is 5.11 Å². The summed E-state index contributed by atoms with van der Waals surface area (Å²) in [6, 6.07) is 0. The molecule has 4 heteroatoms. The molecule has 6 atom stereocenters. The second-order valence-electron chi connectivity index (χ2n) is 7.71. The number of ether oxygens (including phenoxy) is 1. The minimum absolute atomic E-state index is 0.109. The van der Waals surface area contributed by atoms with Crippen LogP contribution in [-0.4, -0.2) is 18.6 Å². The molecule has 5 unspecified atom stereocenters. The summed E-state index contributed by atoms with van der Waals surface area (Å²) in [5, 5.41) is 3.40. The lowest BCUT2D eigenvalue weighted by Gasteiger charge is -2.49. The van der Waals surface area contributed by atoms with Crippen LogP contribution >= 0.6 is 0 Å². The predicted octanol–water partition coefficient (Wildman–Crippen LogP) is 3.28. The van der Waals surface area contributed by atoms with Gasteiger partial charge in [0.2, 0.25) is 5.72 Å². The smallest absolute Gasteiger partial charge is 0.219 e. The van der Waals surface area contributed by atoms with Crippen molar-refractivity contribution in [3.63, 3.8) is 0 Å². The second kappa shape index (κ2) is 4.97. The lowest BCUT2D eigenvalue weighted by atomic mass is 9.55. The summed E-state index contributed by atoms with van der Waals surface area (Å²) in [6.45, 7) is 2.18. The van der Waals surface area contributed by atoms with Crippen LogP contribution < -0.4 is 5.53 Å². The first-order valence-electron chi connectivity index (χ1n) is 8.58. The van der Waals surface area contributed by atoms with Crippen LogP contribution in [0.3, 0.4) is 0 Å². The quantitative estimate of drug-likeness (QED) is 0.580. The highest BCUT2D eigenvalue weighted by atomic mass is 16.5. The predicted molar refractivity (Wildman–Crippen MR) is 86.2 cm³/mol. The fourth-order valence-electron chi connectivity index (χ4n) is 5.43. The molecule has 4 aliphatic rings. The van der Waals surface area contributed by atoms with E-state index in [1.807, 2.05) is 12.2 Å². The molecule has 4 nitrogen and oxygen atoms in total. The summed E-state index contributed by atoms with van der Waals surface area (Å²) < 4.78 is 5.35. The fraction of sp³-hybridized carbons (Fsp3) is 0.632. The number of rotatable bonds is 2. The monoisotopic (exact) mass is 311 g/mol. The van der Waals surface area contributed by atoms with Crippen LogP contribution in [0.1, 0.15) is 32.6 Å². The Morgan fingerprint density at radius 2 is 2.17 bits per heavy atom. The van der Waals surface area contributed by atoms with E-state index >= 15 is 0 Å². The summed E-state index contributed by atoms with van der Waals surface area (Å²) in [7, 11) is 1.55. The molecule has 4 rings (SSSR count). The molecule has 1 radical (unpaired) electrons. The van der Waals surface area contributed by atoms with Crippen molar-refractivity contribution < 1.29 is 9.53 Å². The topological polar surface area (TPSA) is 61.0 Å². The third-order valence-electron chi connectivity index (χ3n) is 6.85. The molecule has 4 aliphatic carbocycles. The fourth-order valence-corrected chi connectivity index (χ4v) is 5.43. The van der Waals surface area contributed by atoms with Crippen LogP contribution in [0.2, 0.25) is 0 Å². The van der Waals surface area contributed by atoms with E-state index in [0.29, 0.717) is 29.5 Å². The first kappa shape index (κ1) is 15.0. The third kappa shape index (κ3) is 1.97. The molecule has 0 amide bonds. The van der Waals surface area contributed by atoms with E-state index in [2.05, 4.69) is 30.3 Å². The lowest BCUT2D eigenvalue weighted by molar-refractivity contribution is -0.129. The molecule has 0 heterocycles. The summed E-state index contributed by atoms with van der Waals surface area (Å²) in [6.07, 6.45) is 14.2. The van der Waals surface area contributed by atoms with Crippen LogP contribution in [0.15, 0.2) is 41.1 Å². The van der Waals surface area contributed by atoms with Gasteiger partial charge < -0.3 is 4.74 Å². The minimum Gasteiger partial charge on any atom is -0.349 e. The highest BCUT2D eigenvalue weighted by Crippen LogP contribution is 2.58. The van der Waals surface area contributed by atoms with Gasteiger partial charge in [-0.1, -0.05) is 25.2 Å². The van der Waals surface area contributed by atoms with Gasteiger partial charge in [-0.05, 0) is 60.3 Å². The van der Waals surface area contributed by atoms with Crippen LogP contribution in [0.4, 0.5) is 0 Å². The van der Waals surface area contributed by atoms with E-state index in [4.69, 9.17) is 4.74 Å². The van der Waals surface area contributed by atoms with E-state index in [0.717, 1.165) is 25.7 Å². The average Bonchev–Trinajstić information content (AvgIpc) is 2.89. The highest BCUT2D eigenvalue weighted by Gasteiger charge is 2.55. The van der Waals surface area contributed by atoms with Gasteiger partial charge in [-0.3, -0.25) is 4.79 Å². The molecule has 121 valence electrons. The van der Waals surface area contributed by atoms with Crippen molar-refractivity contribution in [2.45, 2.75) is 38.3 Å². The molecular weight excluding hydrogens is 288 g/mol. The molecule has 0 aromatic heterocycles. The van der Waals surface area contributed by atoms with Crippen molar-refractivity contribution >= 4 is 5.78 Å². The van der Waals surface area contributed by atoms with Crippen molar-refractivity contribution in [2.75, 3.05) is 7.11 Å². The second-order valence-corrected chi connectivity index (χ2v) is 7.71. The van der Waals surface area contributed by atoms with Gasteiger partial charge in [0, 0.05) is 24.9 Å². The molecule has 0 spiro atoms. The maximum Gasteiger partial charge on any atom is 0.219 e. The molecule has 0 aromatic carbocycles. The molecular formula is C19H23N2O2. The van der Waals surface area contributed by atoms with Gasteiger partial charge in [0.05, 0.1) is 0 Å². The van der Waals surface area contributed by atoms with Crippen LogP contribution in [0.5, 0.6) is 0 Å². The number of nitrogens with zero attached hydrogens (tertiary/aromatic N) is 2. The Kier molecular flexibility index (Phi) is 3.24. The van der Waals surface area contributed by atoms with Gasteiger partial charge in [0.25, 0.3) is 0 Å². The summed E-state index contributed by atoms with van der Waals surface area (Å²) in [5.41, 5.74) is 9.31. The van der Waals surface area contributed by atoms with Gasteiger partial charge in [0.15, 0.2) is 0 Å². The number of carbonyl (C=O) groups is 1. The summed E-state index contributed by atoms with van der Waals surface area (Å²) in [5.74, 6) is 2.31. The molecule has 2 saturated carbocycles. The van der Waals surface area contributed by atoms with Gasteiger partial charge in [0.1, 0.15) is 5.78 Å². The van der Waals surface area contributed by atoms with E-state index in [1.54, 1.807) is 7.11 Å². The molecule has 0 N–H and O–H groups in total. The Balaban J connectivity index is 1.70. The van der Waals surface area contributed by atoms with E-state index in [1.165, 1.54) is 5.57 Å². The van der Waals surface area contributed by atoms with E-state index in [-0.39, 0.29) is 5.41 Å². The Hall–Kier alpha value is -1.55. The van der Waals surface area contributed by atoms with Crippen molar-refractivity contribution in [3.8, 4) is 0 Å². The number of fused-ring (bicyclic) bond motifs is 5. The first-order chi connectivity index (χ1) is 11.0. The molecule has 23 heavy (non-hydrogen) atoms. The van der Waals surface area contributed by atoms with Crippen LogP contribution in [0, 0.1) is 29.1 Å². The van der Waals surface area contributed by atoms with Gasteiger partial charge in [-0.25, -0.2) is 0 Å². The standard InChI is InChI=1S/C19H23N2O2/c1-18-9-7-14-13-8-10-19(21-20,23-2)11-12(13)3-4-15(14)16(18)5-6-17(18)22/h3-4,8,10-11,13-16H,5-7,9H2,1-2H3/t13?,14?,15?,16?,18-,19?/m0/s1. The normalized spacial score (nSPS) is 47.6. The first-order valence-corrected chi connectivity index (χ1v) is 8.58. The maximum absolute atomic E-state index is 12.3. The number of hydrogen-bond acceptors (Lipinski definition) is 3. The number of hydrogen-bond donors (Lipinski definition) is 0.